The smallest absolute Gasteiger partial charge is 0.131 e. The number of rotatable bonds is 0. The van der Waals surface area contributed by atoms with Gasteiger partial charge < -0.3 is 41.9 Å². The first-order valence-electron chi connectivity index (χ1n) is 6.11. The molecule has 5 nitrogen and oxygen atoms in total. The molecule has 0 amide bonds. The van der Waals surface area contributed by atoms with Crippen LogP contribution >= 0.6 is 0 Å². The van der Waals surface area contributed by atoms with Gasteiger partial charge in [-0.1, -0.05) is 0 Å². The van der Waals surface area contributed by atoms with Crippen LogP contribution in [-0.2, 0) is 0 Å². The van der Waals surface area contributed by atoms with Gasteiger partial charge in [-0.15, -0.1) is 0 Å². The van der Waals surface area contributed by atoms with E-state index in [-0.39, 0.29) is 17.0 Å². The van der Waals surface area contributed by atoms with E-state index < -0.39 is 24.4 Å². The zero-order valence-electron chi connectivity index (χ0n) is 9.87. The van der Waals surface area contributed by atoms with Gasteiger partial charge in [0, 0.05) is 0 Å². The van der Waals surface area contributed by atoms with E-state index in [1.54, 1.807) is 0 Å². The summed E-state index contributed by atoms with van der Waals surface area (Å²) in [5, 5.41) is 38.9. The van der Waals surface area contributed by atoms with Gasteiger partial charge in [-0.25, -0.2) is 0 Å². The molecule has 1 spiro atoms. The highest BCUT2D eigenvalue weighted by atomic mass is 79.9. The monoisotopic (exact) mass is 311 g/mol. The van der Waals surface area contributed by atoms with Crippen molar-refractivity contribution in [1.82, 2.24) is 0 Å². The molecule has 0 aromatic rings. The van der Waals surface area contributed by atoms with E-state index in [9.17, 15) is 20.4 Å². The Balaban J connectivity index is 0.00000144. The molecular formula is C11H22BrNO4. The summed E-state index contributed by atoms with van der Waals surface area (Å²) in [5.74, 6) is 0. The first-order valence-corrected chi connectivity index (χ1v) is 6.11. The molecule has 2 heterocycles. The van der Waals surface area contributed by atoms with E-state index in [4.69, 9.17) is 0 Å². The molecule has 2 aliphatic rings. The number of piperidine rings is 1. The lowest BCUT2D eigenvalue weighted by Gasteiger charge is -2.42. The molecule has 0 aromatic carbocycles. The van der Waals surface area contributed by atoms with Crippen LogP contribution in [0.2, 0.25) is 0 Å². The molecule has 2 fully saturated rings. The van der Waals surface area contributed by atoms with Gasteiger partial charge in [0.1, 0.15) is 37.5 Å². The second kappa shape index (κ2) is 5.95. The third-order valence-corrected chi connectivity index (χ3v) is 4.05. The quantitative estimate of drug-likeness (QED) is 0.340. The Morgan fingerprint density at radius 2 is 1.12 bits per heavy atom. The molecule has 2 aliphatic heterocycles. The highest BCUT2D eigenvalue weighted by Gasteiger charge is 2.45. The van der Waals surface area contributed by atoms with E-state index in [2.05, 4.69) is 0 Å². The summed E-state index contributed by atoms with van der Waals surface area (Å²) in [7, 11) is 0. The van der Waals surface area contributed by atoms with Crippen LogP contribution in [0.3, 0.4) is 0 Å². The maximum atomic E-state index is 9.83. The van der Waals surface area contributed by atoms with Crippen molar-refractivity contribution in [3.8, 4) is 0 Å². The highest BCUT2D eigenvalue weighted by molar-refractivity contribution is 4.84. The molecule has 0 aliphatic carbocycles. The Labute approximate surface area is 112 Å². The van der Waals surface area contributed by atoms with Gasteiger partial charge in [0.2, 0.25) is 0 Å². The van der Waals surface area contributed by atoms with Gasteiger partial charge in [-0.3, -0.25) is 0 Å². The van der Waals surface area contributed by atoms with E-state index in [1.807, 2.05) is 0 Å². The average Bonchev–Trinajstić information content (AvgIpc) is 2.33. The Bertz CT molecular complexity index is 230. The Kier molecular flexibility index (Phi) is 5.37. The molecule has 0 bridgehead atoms. The molecule has 4 atom stereocenters. The van der Waals surface area contributed by atoms with Gasteiger partial charge in [-0.05, 0) is 19.3 Å². The molecule has 0 aromatic heterocycles. The number of halogens is 1. The van der Waals surface area contributed by atoms with Crippen LogP contribution in [0, 0.1) is 0 Å². The minimum atomic E-state index is -1.23. The SMILES string of the molecule is O[C@H]1[C@H](O)[C@H](O)C[N+]2(CCCCC2)C[C@H]1O.[Br-]. The van der Waals surface area contributed by atoms with E-state index in [1.165, 1.54) is 6.42 Å². The van der Waals surface area contributed by atoms with Crippen molar-refractivity contribution in [1.29, 1.82) is 0 Å². The summed E-state index contributed by atoms with van der Waals surface area (Å²) >= 11 is 0. The molecule has 2 rings (SSSR count). The molecule has 6 heteroatoms. The lowest BCUT2D eigenvalue weighted by molar-refractivity contribution is -0.936. The van der Waals surface area contributed by atoms with Crippen molar-refractivity contribution in [3.05, 3.63) is 0 Å². The fourth-order valence-electron chi connectivity index (χ4n) is 3.09. The molecule has 4 N–H and O–H groups in total. The largest absolute Gasteiger partial charge is 1.00 e. The number of aliphatic hydroxyl groups excluding tert-OH is 4. The van der Waals surface area contributed by atoms with Gasteiger partial charge >= 0.3 is 0 Å². The summed E-state index contributed by atoms with van der Waals surface area (Å²) in [5.41, 5.74) is 0. The second-order valence-corrected chi connectivity index (χ2v) is 5.33. The standard InChI is InChI=1S/C11H22NO4.BrH/c13-8-6-12(4-2-1-3-5-12)7-9(14)11(16)10(8)15;/h8-11,13-16H,1-7H2;1H/q+1;/p-1/t8-,9-,10-,11-;/m1./s1. The lowest BCUT2D eigenvalue weighted by Crippen LogP contribution is -3.00. The number of hydrogen-bond acceptors (Lipinski definition) is 4. The molecule has 0 radical (unpaired) electrons. The number of hydrogen-bond donors (Lipinski definition) is 4. The third kappa shape index (κ3) is 3.19. The van der Waals surface area contributed by atoms with Crippen molar-refractivity contribution >= 4 is 0 Å². The number of quaternary nitrogens is 1. The van der Waals surface area contributed by atoms with Gasteiger partial charge in [0.15, 0.2) is 0 Å². The molecule has 0 unspecified atom stereocenters. The fraction of sp³-hybridized carbons (Fsp3) is 1.00. The molecular weight excluding hydrogens is 290 g/mol. The molecule has 102 valence electrons. The Morgan fingerprint density at radius 1 is 0.706 bits per heavy atom. The first kappa shape index (κ1) is 15.3. The summed E-state index contributed by atoms with van der Waals surface area (Å²) in [6, 6.07) is 0. The van der Waals surface area contributed by atoms with E-state index >= 15 is 0 Å². The van der Waals surface area contributed by atoms with Crippen molar-refractivity contribution in [2.45, 2.75) is 43.7 Å². The Morgan fingerprint density at radius 3 is 1.53 bits per heavy atom. The van der Waals surface area contributed by atoms with E-state index in [0.29, 0.717) is 17.6 Å². The molecule has 0 saturated carbocycles. The van der Waals surface area contributed by atoms with Crippen molar-refractivity contribution < 1.29 is 41.9 Å². The zero-order chi connectivity index (χ0) is 11.8. The summed E-state index contributed by atoms with van der Waals surface area (Å²) < 4.78 is 0.635. The second-order valence-electron chi connectivity index (χ2n) is 5.33. The van der Waals surface area contributed by atoms with Gasteiger partial charge in [0.25, 0.3) is 0 Å². The summed E-state index contributed by atoms with van der Waals surface area (Å²) in [6.07, 6.45) is -0.964. The Hall–Kier alpha value is 0.280. The molecule has 17 heavy (non-hydrogen) atoms. The van der Waals surface area contributed by atoms with Gasteiger partial charge in [-0.2, -0.15) is 0 Å². The summed E-state index contributed by atoms with van der Waals surface area (Å²) in [6.45, 7) is 2.73. The third-order valence-electron chi connectivity index (χ3n) is 4.05. The fourth-order valence-corrected chi connectivity index (χ4v) is 3.09. The minimum absolute atomic E-state index is 0. The van der Waals surface area contributed by atoms with Crippen molar-refractivity contribution in [2.24, 2.45) is 0 Å². The lowest BCUT2D eigenvalue weighted by atomic mass is 10.1. The van der Waals surface area contributed by atoms with Gasteiger partial charge in [0.05, 0.1) is 13.1 Å². The minimum Gasteiger partial charge on any atom is -1.00 e. The average molecular weight is 312 g/mol. The maximum absolute atomic E-state index is 9.83. The topological polar surface area (TPSA) is 80.9 Å². The normalized spacial score (nSPS) is 41.6. The van der Waals surface area contributed by atoms with Crippen molar-refractivity contribution in [3.63, 3.8) is 0 Å². The maximum Gasteiger partial charge on any atom is 0.131 e. The molecule has 2 saturated heterocycles. The van der Waals surface area contributed by atoms with Crippen LogP contribution in [0.1, 0.15) is 19.3 Å². The van der Waals surface area contributed by atoms with Crippen LogP contribution < -0.4 is 17.0 Å². The zero-order valence-corrected chi connectivity index (χ0v) is 11.5. The van der Waals surface area contributed by atoms with Crippen LogP contribution in [0.25, 0.3) is 0 Å². The van der Waals surface area contributed by atoms with E-state index in [0.717, 1.165) is 25.9 Å². The highest BCUT2D eigenvalue weighted by Crippen LogP contribution is 2.25. The van der Waals surface area contributed by atoms with Crippen LogP contribution in [-0.4, -0.2) is 75.5 Å². The number of nitrogens with zero attached hydrogens (tertiary/aromatic N) is 1. The van der Waals surface area contributed by atoms with Crippen LogP contribution in [0.5, 0.6) is 0 Å². The van der Waals surface area contributed by atoms with Crippen LogP contribution in [0.15, 0.2) is 0 Å². The van der Waals surface area contributed by atoms with Crippen LogP contribution in [0.4, 0.5) is 0 Å². The predicted molar refractivity (Wildman–Crippen MR) is 57.6 cm³/mol. The predicted octanol–water partition coefficient (Wildman–Crippen LogP) is -4.55. The van der Waals surface area contributed by atoms with Crippen molar-refractivity contribution in [2.75, 3.05) is 26.2 Å². The summed E-state index contributed by atoms with van der Waals surface area (Å²) in [4.78, 5) is 0. The number of aliphatic hydroxyl groups is 4. The first-order chi connectivity index (χ1) is 7.54.